The fraction of sp³-hybridized carbons (Fsp3) is 0.304. The van der Waals surface area contributed by atoms with Gasteiger partial charge in [-0.2, -0.15) is 12.6 Å². The van der Waals surface area contributed by atoms with Gasteiger partial charge in [0.25, 0.3) is 0 Å². The lowest BCUT2D eigenvalue weighted by molar-refractivity contribution is -0.142. The van der Waals surface area contributed by atoms with Crippen molar-refractivity contribution in [1.82, 2.24) is 16.0 Å². The van der Waals surface area contributed by atoms with Crippen molar-refractivity contribution in [3.05, 3.63) is 65.7 Å². The van der Waals surface area contributed by atoms with Crippen molar-refractivity contribution in [3.63, 3.8) is 0 Å². The highest BCUT2D eigenvalue weighted by atomic mass is 32.1. The molecule has 3 unspecified atom stereocenters. The van der Waals surface area contributed by atoms with Crippen LogP contribution >= 0.6 is 12.6 Å². The van der Waals surface area contributed by atoms with E-state index in [1.165, 1.54) is 12.1 Å². The molecule has 0 aliphatic carbocycles. The molecular weight excluding hydrogens is 460 g/mol. The number of phenolic OH excluding ortho intramolecular Hbond substituents is 1. The number of benzene rings is 2. The Morgan fingerprint density at radius 1 is 0.853 bits per heavy atom. The second-order valence-corrected chi connectivity index (χ2v) is 7.95. The van der Waals surface area contributed by atoms with Crippen molar-refractivity contribution in [3.8, 4) is 5.75 Å². The maximum Gasteiger partial charge on any atom is 0.326 e. The first-order valence-electron chi connectivity index (χ1n) is 10.5. The summed E-state index contributed by atoms with van der Waals surface area (Å²) in [5, 5.41) is 26.4. The highest BCUT2D eigenvalue weighted by Crippen LogP contribution is 2.12. The maximum absolute atomic E-state index is 13.0. The number of nitrogens with two attached hydrogens (primary N) is 1. The number of hydrogen-bond acceptors (Lipinski definition) is 7. The lowest BCUT2D eigenvalue weighted by atomic mass is 10.0. The van der Waals surface area contributed by atoms with Gasteiger partial charge in [-0.3, -0.25) is 14.4 Å². The molecule has 3 atom stereocenters. The van der Waals surface area contributed by atoms with Crippen molar-refractivity contribution in [2.75, 3.05) is 12.3 Å². The van der Waals surface area contributed by atoms with Crippen LogP contribution in [0, 0.1) is 0 Å². The molecule has 0 aliphatic rings. The normalized spacial score (nSPS) is 13.2. The number of carbonyl (C=O) groups excluding carboxylic acids is 3. The molecule has 3 amide bonds. The van der Waals surface area contributed by atoms with Crippen molar-refractivity contribution in [2.45, 2.75) is 31.0 Å². The minimum Gasteiger partial charge on any atom is -0.508 e. The number of carboxylic acid groups (broad SMARTS) is 1. The molecule has 0 saturated carbocycles. The van der Waals surface area contributed by atoms with Gasteiger partial charge in [0, 0.05) is 18.6 Å². The minimum absolute atomic E-state index is 0.0228. The summed E-state index contributed by atoms with van der Waals surface area (Å²) in [6, 6.07) is 11.6. The molecule has 0 aliphatic heterocycles. The second-order valence-electron chi connectivity index (χ2n) is 7.59. The van der Waals surface area contributed by atoms with Gasteiger partial charge in [-0.1, -0.05) is 42.5 Å². The number of thiol groups is 1. The smallest absolute Gasteiger partial charge is 0.326 e. The molecule has 0 radical (unpaired) electrons. The van der Waals surface area contributed by atoms with Gasteiger partial charge in [-0.25, -0.2) is 4.79 Å². The summed E-state index contributed by atoms with van der Waals surface area (Å²) in [6.45, 7) is -0.408. The maximum atomic E-state index is 13.0. The number of phenols is 1. The van der Waals surface area contributed by atoms with Crippen LogP contribution in [-0.2, 0) is 32.0 Å². The Kier molecular flexibility index (Phi) is 10.4. The monoisotopic (exact) mass is 488 g/mol. The minimum atomic E-state index is -1.26. The van der Waals surface area contributed by atoms with E-state index >= 15 is 0 Å². The molecule has 0 aromatic heterocycles. The topological polar surface area (TPSA) is 171 Å². The third kappa shape index (κ3) is 8.75. The number of nitrogens with one attached hydrogen (secondary N) is 3. The van der Waals surface area contributed by atoms with Crippen LogP contribution in [-0.4, -0.2) is 64.3 Å². The average molecular weight is 489 g/mol. The fourth-order valence-electron chi connectivity index (χ4n) is 3.03. The zero-order chi connectivity index (χ0) is 25.1. The van der Waals surface area contributed by atoms with Crippen molar-refractivity contribution in [2.24, 2.45) is 5.73 Å². The van der Waals surface area contributed by atoms with E-state index in [1.54, 1.807) is 42.5 Å². The van der Waals surface area contributed by atoms with Crippen molar-refractivity contribution >= 4 is 36.3 Å². The van der Waals surface area contributed by atoms with E-state index in [4.69, 9.17) is 5.73 Å². The van der Waals surface area contributed by atoms with Crippen LogP contribution in [0.1, 0.15) is 11.1 Å². The number of hydrogen-bond donors (Lipinski definition) is 7. The third-order valence-corrected chi connectivity index (χ3v) is 5.28. The Hall–Kier alpha value is -3.57. The lowest BCUT2D eigenvalue weighted by Gasteiger charge is -2.22. The van der Waals surface area contributed by atoms with Crippen molar-refractivity contribution < 1.29 is 29.4 Å². The summed E-state index contributed by atoms with van der Waals surface area (Å²) in [7, 11) is 0. The first-order valence-corrected chi connectivity index (χ1v) is 11.1. The van der Waals surface area contributed by atoms with Gasteiger partial charge in [0.05, 0.1) is 12.6 Å². The van der Waals surface area contributed by atoms with E-state index in [1.807, 2.05) is 0 Å². The van der Waals surface area contributed by atoms with E-state index in [-0.39, 0.29) is 24.3 Å². The summed E-state index contributed by atoms with van der Waals surface area (Å²) in [4.78, 5) is 48.9. The Bertz CT molecular complexity index is 987. The molecule has 2 rings (SSSR count). The largest absolute Gasteiger partial charge is 0.508 e. The molecule has 0 bridgehead atoms. The van der Waals surface area contributed by atoms with Gasteiger partial charge in [0.15, 0.2) is 0 Å². The summed E-state index contributed by atoms with van der Waals surface area (Å²) >= 11 is 3.93. The number of amides is 3. The number of aromatic hydroxyl groups is 1. The zero-order valence-electron chi connectivity index (χ0n) is 18.3. The molecule has 10 nitrogen and oxygen atoms in total. The van der Waals surface area contributed by atoms with E-state index < -0.39 is 48.4 Å². The summed E-state index contributed by atoms with van der Waals surface area (Å²) in [5.41, 5.74) is 6.90. The van der Waals surface area contributed by atoms with E-state index in [0.717, 1.165) is 5.56 Å². The van der Waals surface area contributed by atoms with Gasteiger partial charge >= 0.3 is 5.97 Å². The SMILES string of the molecule is NC(CS)C(=O)NCC(=O)NC(Cc1ccccc1)C(=O)NC(Cc1ccc(O)cc1)C(=O)O. The Labute approximate surface area is 202 Å². The first kappa shape index (κ1) is 26.7. The van der Waals surface area contributed by atoms with Gasteiger partial charge < -0.3 is 31.9 Å². The highest BCUT2D eigenvalue weighted by molar-refractivity contribution is 7.80. The summed E-state index contributed by atoms with van der Waals surface area (Å²) < 4.78 is 0. The van der Waals surface area contributed by atoms with Crippen LogP contribution in [0.3, 0.4) is 0 Å². The molecule has 7 N–H and O–H groups in total. The van der Waals surface area contributed by atoms with Gasteiger partial charge in [-0.05, 0) is 23.3 Å². The zero-order valence-corrected chi connectivity index (χ0v) is 19.2. The first-order chi connectivity index (χ1) is 16.2. The number of rotatable bonds is 12. The average Bonchev–Trinajstić information content (AvgIpc) is 2.82. The predicted octanol–water partition coefficient (Wildman–Crippen LogP) is -0.395. The van der Waals surface area contributed by atoms with Gasteiger partial charge in [-0.15, -0.1) is 0 Å². The molecule has 0 heterocycles. The van der Waals surface area contributed by atoms with Crippen LogP contribution in [0.5, 0.6) is 5.75 Å². The molecule has 0 fully saturated rings. The highest BCUT2D eigenvalue weighted by Gasteiger charge is 2.27. The van der Waals surface area contributed by atoms with Crippen LogP contribution < -0.4 is 21.7 Å². The molecule has 11 heteroatoms. The lowest BCUT2D eigenvalue weighted by Crippen LogP contribution is -2.55. The molecule has 0 saturated heterocycles. The molecule has 182 valence electrons. The standard InChI is InChI=1S/C23H28N4O6S/c24-17(13-34)21(30)25-12-20(29)26-18(10-14-4-2-1-3-5-14)22(31)27-19(23(32)33)11-15-6-8-16(28)9-7-15/h1-9,17-19,28,34H,10-13,24H2,(H,25,30)(H,26,29)(H,27,31)(H,32,33). The van der Waals surface area contributed by atoms with E-state index in [0.29, 0.717) is 5.56 Å². The van der Waals surface area contributed by atoms with E-state index in [2.05, 4.69) is 28.6 Å². The number of aliphatic carboxylic acids is 1. The number of carbonyl (C=O) groups is 4. The molecule has 34 heavy (non-hydrogen) atoms. The summed E-state index contributed by atoms with van der Waals surface area (Å²) in [5.74, 6) is -3.01. The van der Waals surface area contributed by atoms with Gasteiger partial charge in [0.2, 0.25) is 17.7 Å². The summed E-state index contributed by atoms with van der Waals surface area (Å²) in [6.07, 6.45) is 0.0824. The van der Waals surface area contributed by atoms with Gasteiger partial charge in [0.1, 0.15) is 17.8 Å². The molecule has 0 spiro atoms. The fourth-order valence-corrected chi connectivity index (χ4v) is 3.19. The van der Waals surface area contributed by atoms with Crippen LogP contribution in [0.4, 0.5) is 0 Å². The third-order valence-electron chi connectivity index (χ3n) is 4.88. The Balaban J connectivity index is 2.10. The van der Waals surface area contributed by atoms with Crippen molar-refractivity contribution in [1.29, 1.82) is 0 Å². The second kappa shape index (κ2) is 13.2. The van der Waals surface area contributed by atoms with E-state index in [9.17, 15) is 29.4 Å². The Morgan fingerprint density at radius 3 is 2.03 bits per heavy atom. The Morgan fingerprint density at radius 2 is 1.44 bits per heavy atom. The molecular formula is C23H28N4O6S. The predicted molar refractivity (Wildman–Crippen MR) is 128 cm³/mol. The number of carboxylic acids is 1. The molecule has 2 aromatic rings. The molecule has 2 aromatic carbocycles. The quantitative estimate of drug-likeness (QED) is 0.199. The van der Waals surface area contributed by atoms with Crippen LogP contribution in [0.25, 0.3) is 0 Å². The van der Waals surface area contributed by atoms with Crippen LogP contribution in [0.15, 0.2) is 54.6 Å². The van der Waals surface area contributed by atoms with Crippen LogP contribution in [0.2, 0.25) is 0 Å².